The molecule has 0 unspecified atom stereocenters. The average molecular weight is 447 g/mol. The molecule has 6 heteroatoms. The summed E-state index contributed by atoms with van der Waals surface area (Å²) < 4.78 is 69.7. The minimum Gasteiger partial charge on any atom is -0.170 e. The van der Waals surface area contributed by atoms with Gasteiger partial charge < -0.3 is 0 Å². The standard InChI is InChI=1S/C15H14.C5H6F6.C5H12/c1-15(2)13-9-5-3-7-11(13)12-8-4-6-10-14(12)15;1-3(2,4(6,7)8)5(9,10)11;1-5(2,3)4/h3-10H,1-2H3;1-2H3;1-4H3. The summed E-state index contributed by atoms with van der Waals surface area (Å²) in [6, 6.07) is 17.4. The number of fused-ring (bicyclic) bond motifs is 3. The van der Waals surface area contributed by atoms with Crippen molar-refractivity contribution in [3.05, 3.63) is 59.7 Å². The summed E-state index contributed by atoms with van der Waals surface area (Å²) in [6.45, 7) is 13.6. The van der Waals surface area contributed by atoms with Crippen LogP contribution in [0, 0.1) is 10.8 Å². The summed E-state index contributed by atoms with van der Waals surface area (Å²) in [5, 5.41) is 0. The van der Waals surface area contributed by atoms with Gasteiger partial charge in [-0.3, -0.25) is 0 Å². The maximum absolute atomic E-state index is 11.6. The molecule has 1 aliphatic rings. The van der Waals surface area contributed by atoms with Crippen molar-refractivity contribution in [3.8, 4) is 11.1 Å². The van der Waals surface area contributed by atoms with Gasteiger partial charge in [-0.25, -0.2) is 0 Å². The summed E-state index contributed by atoms with van der Waals surface area (Å²) in [6.07, 6.45) is -10.5. The predicted octanol–water partition coefficient (Wildman–Crippen LogP) is 9.18. The quantitative estimate of drug-likeness (QED) is 0.354. The fourth-order valence-electron chi connectivity index (χ4n) is 2.83. The molecule has 0 saturated carbocycles. The van der Waals surface area contributed by atoms with Crippen LogP contribution in [0.15, 0.2) is 48.5 Å². The van der Waals surface area contributed by atoms with Crippen LogP contribution in [0.25, 0.3) is 11.1 Å². The Morgan fingerprint density at radius 1 is 0.548 bits per heavy atom. The Hall–Kier alpha value is -1.98. The lowest BCUT2D eigenvalue weighted by atomic mass is 9.82. The first-order chi connectivity index (χ1) is 13.7. The highest BCUT2D eigenvalue weighted by atomic mass is 19.4. The molecule has 0 fully saturated rings. The van der Waals surface area contributed by atoms with Crippen LogP contribution in [0.2, 0.25) is 0 Å². The van der Waals surface area contributed by atoms with Crippen molar-refractivity contribution in [2.75, 3.05) is 0 Å². The highest BCUT2D eigenvalue weighted by Gasteiger charge is 2.64. The van der Waals surface area contributed by atoms with E-state index in [1.165, 1.54) is 22.3 Å². The van der Waals surface area contributed by atoms with Gasteiger partial charge in [0.1, 0.15) is 0 Å². The van der Waals surface area contributed by atoms with E-state index in [4.69, 9.17) is 0 Å². The number of benzene rings is 2. The van der Waals surface area contributed by atoms with Crippen molar-refractivity contribution in [2.45, 2.75) is 73.2 Å². The predicted molar refractivity (Wildman–Crippen MR) is 115 cm³/mol. The van der Waals surface area contributed by atoms with Gasteiger partial charge in [0.25, 0.3) is 0 Å². The van der Waals surface area contributed by atoms with Crippen LogP contribution in [0.1, 0.15) is 66.5 Å². The molecule has 0 N–H and O–H groups in total. The van der Waals surface area contributed by atoms with Gasteiger partial charge in [-0.15, -0.1) is 0 Å². The van der Waals surface area contributed by atoms with Crippen LogP contribution in [0.4, 0.5) is 26.3 Å². The van der Waals surface area contributed by atoms with Crippen LogP contribution in [0.5, 0.6) is 0 Å². The van der Waals surface area contributed by atoms with Crippen molar-refractivity contribution >= 4 is 0 Å². The molecule has 0 nitrogen and oxygen atoms in total. The fourth-order valence-corrected chi connectivity index (χ4v) is 2.83. The molecule has 2 aromatic carbocycles. The lowest BCUT2D eigenvalue weighted by Crippen LogP contribution is -2.44. The maximum Gasteiger partial charge on any atom is 0.402 e. The first-order valence-corrected chi connectivity index (χ1v) is 10.0. The third kappa shape index (κ3) is 6.50. The van der Waals surface area contributed by atoms with E-state index in [-0.39, 0.29) is 19.3 Å². The fraction of sp³-hybridized carbons (Fsp3) is 0.520. The van der Waals surface area contributed by atoms with Gasteiger partial charge >= 0.3 is 12.4 Å². The van der Waals surface area contributed by atoms with Gasteiger partial charge in [0.15, 0.2) is 5.41 Å². The van der Waals surface area contributed by atoms with Crippen LogP contribution in [-0.2, 0) is 5.41 Å². The van der Waals surface area contributed by atoms with E-state index >= 15 is 0 Å². The first kappa shape index (κ1) is 27.1. The Morgan fingerprint density at radius 2 is 0.806 bits per heavy atom. The van der Waals surface area contributed by atoms with Gasteiger partial charge in [0.2, 0.25) is 0 Å². The van der Waals surface area contributed by atoms with Crippen molar-refractivity contribution < 1.29 is 26.3 Å². The van der Waals surface area contributed by atoms with Crippen LogP contribution in [0.3, 0.4) is 0 Å². The van der Waals surface area contributed by atoms with Crippen LogP contribution in [-0.4, -0.2) is 12.4 Å². The molecule has 0 saturated heterocycles. The third-order valence-corrected chi connectivity index (χ3v) is 4.91. The molecule has 0 heterocycles. The molecule has 31 heavy (non-hydrogen) atoms. The van der Waals surface area contributed by atoms with E-state index in [0.717, 1.165) is 0 Å². The van der Waals surface area contributed by atoms with Crippen molar-refractivity contribution in [1.29, 1.82) is 0 Å². The topological polar surface area (TPSA) is 0 Å². The van der Waals surface area contributed by atoms with E-state index in [9.17, 15) is 26.3 Å². The molecule has 0 aromatic heterocycles. The third-order valence-electron chi connectivity index (χ3n) is 4.91. The van der Waals surface area contributed by atoms with Gasteiger partial charge in [0.05, 0.1) is 0 Å². The molecule has 2 aromatic rings. The zero-order chi connectivity index (χ0) is 24.5. The highest BCUT2D eigenvalue weighted by Crippen LogP contribution is 2.49. The van der Waals surface area contributed by atoms with E-state index in [1.54, 1.807) is 0 Å². The minimum atomic E-state index is -5.24. The van der Waals surface area contributed by atoms with E-state index < -0.39 is 17.8 Å². The largest absolute Gasteiger partial charge is 0.402 e. The molecule has 0 atom stereocenters. The number of hydrogen-bond donors (Lipinski definition) is 0. The van der Waals surface area contributed by atoms with Gasteiger partial charge in [-0.2, -0.15) is 26.3 Å². The molecular formula is C25H32F6. The molecule has 3 rings (SSSR count). The summed E-state index contributed by atoms with van der Waals surface area (Å²) in [7, 11) is 0. The number of alkyl halides is 6. The lowest BCUT2D eigenvalue weighted by Gasteiger charge is -2.29. The monoisotopic (exact) mass is 446 g/mol. The zero-order valence-corrected chi connectivity index (χ0v) is 19.4. The van der Waals surface area contributed by atoms with Crippen molar-refractivity contribution in [2.24, 2.45) is 10.8 Å². The molecular weight excluding hydrogens is 414 g/mol. The molecule has 0 amide bonds. The highest BCUT2D eigenvalue weighted by molar-refractivity contribution is 5.80. The smallest absolute Gasteiger partial charge is 0.170 e. The minimum absolute atomic E-state index is 0.104. The molecule has 1 aliphatic carbocycles. The Balaban J connectivity index is 0.000000266. The van der Waals surface area contributed by atoms with E-state index in [1.807, 2.05) is 0 Å². The normalized spacial score (nSPS) is 15.0. The Bertz CT molecular complexity index is 795. The molecule has 174 valence electrons. The van der Waals surface area contributed by atoms with Crippen molar-refractivity contribution in [3.63, 3.8) is 0 Å². The summed E-state index contributed by atoms with van der Waals surface area (Å²) >= 11 is 0. The molecule has 0 bridgehead atoms. The average Bonchev–Trinajstić information content (AvgIpc) is 2.81. The van der Waals surface area contributed by atoms with Gasteiger partial charge in [0, 0.05) is 5.41 Å². The summed E-state index contributed by atoms with van der Waals surface area (Å²) in [4.78, 5) is 0. The number of hydrogen-bond acceptors (Lipinski definition) is 0. The Morgan fingerprint density at radius 3 is 1.03 bits per heavy atom. The second-order valence-corrected chi connectivity index (χ2v) is 10.3. The van der Waals surface area contributed by atoms with Gasteiger partial charge in [-0.1, -0.05) is 90.1 Å². The maximum atomic E-state index is 11.6. The molecule has 0 radical (unpaired) electrons. The lowest BCUT2D eigenvalue weighted by molar-refractivity contribution is -0.327. The first-order valence-electron chi connectivity index (χ1n) is 10.0. The van der Waals surface area contributed by atoms with E-state index in [2.05, 4.69) is 90.1 Å². The SMILES string of the molecule is CC(C)(C(F)(F)F)C(F)(F)F.CC(C)(C)C.CC1(C)c2ccccc2-c2ccccc21. The second kappa shape index (κ2) is 8.87. The van der Waals surface area contributed by atoms with Crippen molar-refractivity contribution in [1.82, 2.24) is 0 Å². The number of rotatable bonds is 0. The Labute approximate surface area is 181 Å². The second-order valence-electron chi connectivity index (χ2n) is 10.3. The Kier molecular flexibility index (Phi) is 7.74. The number of halogens is 6. The summed E-state index contributed by atoms with van der Waals surface area (Å²) in [5.41, 5.74) is 2.74. The molecule has 0 aliphatic heterocycles. The van der Waals surface area contributed by atoms with E-state index in [0.29, 0.717) is 5.41 Å². The van der Waals surface area contributed by atoms with Gasteiger partial charge in [-0.05, 0) is 41.5 Å². The zero-order valence-electron chi connectivity index (χ0n) is 19.4. The van der Waals surface area contributed by atoms with Crippen LogP contribution >= 0.6 is 0 Å². The van der Waals surface area contributed by atoms with Crippen LogP contribution < -0.4 is 0 Å². The molecule has 0 spiro atoms. The summed E-state index contributed by atoms with van der Waals surface area (Å²) in [5.74, 6) is 0.